The summed E-state index contributed by atoms with van der Waals surface area (Å²) in [5, 5.41) is 19.8. The first-order valence-corrected chi connectivity index (χ1v) is 11.3. The van der Waals surface area contributed by atoms with Crippen LogP contribution in [-0.4, -0.2) is 60.4 Å². The van der Waals surface area contributed by atoms with Gasteiger partial charge in [-0.05, 0) is 59.2 Å². The first-order valence-electron chi connectivity index (χ1n) is 11.3. The van der Waals surface area contributed by atoms with E-state index in [0.29, 0.717) is 12.2 Å². The molecule has 1 aliphatic heterocycles. The summed E-state index contributed by atoms with van der Waals surface area (Å²) in [5.41, 5.74) is 3.26. The Balaban J connectivity index is 1.38. The molecule has 2 atom stereocenters. The minimum atomic E-state index is -0.421. The van der Waals surface area contributed by atoms with E-state index >= 15 is 0 Å². The van der Waals surface area contributed by atoms with Crippen molar-refractivity contribution in [3.05, 3.63) is 89.0 Å². The Labute approximate surface area is 193 Å². The summed E-state index contributed by atoms with van der Waals surface area (Å²) in [6, 6.07) is 19.6. The predicted molar refractivity (Wildman–Crippen MR) is 124 cm³/mol. The minimum Gasteiger partial charge on any atom is -0.508 e. The molecule has 33 heavy (non-hydrogen) atoms. The van der Waals surface area contributed by atoms with Crippen LogP contribution in [0.3, 0.4) is 0 Å². The van der Waals surface area contributed by atoms with Crippen molar-refractivity contribution in [2.24, 2.45) is 0 Å². The van der Waals surface area contributed by atoms with Crippen LogP contribution in [0.1, 0.15) is 38.9 Å². The van der Waals surface area contributed by atoms with E-state index in [0.717, 1.165) is 55.3 Å². The lowest BCUT2D eigenvalue weighted by Gasteiger charge is -2.26. The van der Waals surface area contributed by atoms with Crippen molar-refractivity contribution >= 4 is 5.78 Å². The van der Waals surface area contributed by atoms with Gasteiger partial charge in [0, 0.05) is 31.1 Å². The standard InChI is InChI=1S/C27H27NO5/c29-20-5-1-19(2-6-20)26-25(24-17-21(30)7-10-23(24)27(26)31)18-3-8-22(9-4-18)33-16-13-28-11-14-32-15-12-28/h1-10,17,25-26,29-30H,11-16H2. The summed E-state index contributed by atoms with van der Waals surface area (Å²) in [5.74, 6) is 0.456. The number of phenolic OH excluding ortho intramolecular Hbond substituents is 2. The predicted octanol–water partition coefficient (Wildman–Crippen LogP) is 3.92. The molecule has 2 aliphatic rings. The maximum Gasteiger partial charge on any atom is 0.171 e. The summed E-state index contributed by atoms with van der Waals surface area (Å²) < 4.78 is 11.3. The van der Waals surface area contributed by atoms with Crippen LogP contribution in [0.15, 0.2) is 66.7 Å². The van der Waals surface area contributed by atoms with Gasteiger partial charge >= 0.3 is 0 Å². The highest BCUT2D eigenvalue weighted by Crippen LogP contribution is 2.48. The molecule has 2 unspecified atom stereocenters. The molecule has 3 aromatic carbocycles. The summed E-state index contributed by atoms with van der Waals surface area (Å²) >= 11 is 0. The smallest absolute Gasteiger partial charge is 0.171 e. The molecule has 1 aliphatic carbocycles. The number of Topliss-reactive ketones (excluding diaryl/α,β-unsaturated/α-hetero) is 1. The van der Waals surface area contributed by atoms with Gasteiger partial charge in [-0.1, -0.05) is 24.3 Å². The number of morpholine rings is 1. The normalized spacial score (nSPS) is 20.5. The maximum atomic E-state index is 13.4. The lowest BCUT2D eigenvalue weighted by Crippen LogP contribution is -2.38. The van der Waals surface area contributed by atoms with E-state index in [2.05, 4.69) is 4.90 Å². The van der Waals surface area contributed by atoms with Crippen molar-refractivity contribution in [3.63, 3.8) is 0 Å². The highest BCUT2D eigenvalue weighted by atomic mass is 16.5. The van der Waals surface area contributed by atoms with Gasteiger partial charge in [0.1, 0.15) is 23.9 Å². The minimum absolute atomic E-state index is 0.0199. The molecule has 1 saturated heterocycles. The Hall–Kier alpha value is -3.35. The van der Waals surface area contributed by atoms with Crippen LogP contribution in [-0.2, 0) is 4.74 Å². The topological polar surface area (TPSA) is 79.2 Å². The van der Waals surface area contributed by atoms with Gasteiger partial charge < -0.3 is 19.7 Å². The number of nitrogens with zero attached hydrogens (tertiary/aromatic N) is 1. The van der Waals surface area contributed by atoms with Crippen LogP contribution < -0.4 is 4.74 Å². The lowest BCUT2D eigenvalue weighted by molar-refractivity contribution is 0.0322. The molecule has 2 N–H and O–H groups in total. The number of hydrogen-bond donors (Lipinski definition) is 2. The fourth-order valence-corrected chi connectivity index (χ4v) is 4.82. The fraction of sp³-hybridized carbons (Fsp3) is 0.296. The molecule has 0 bridgehead atoms. The van der Waals surface area contributed by atoms with E-state index in [-0.39, 0.29) is 23.2 Å². The number of ether oxygens (including phenoxy) is 2. The third-order valence-corrected chi connectivity index (χ3v) is 6.52. The molecule has 170 valence electrons. The van der Waals surface area contributed by atoms with Crippen LogP contribution in [0.5, 0.6) is 17.2 Å². The molecule has 6 heteroatoms. The van der Waals surface area contributed by atoms with Crippen molar-refractivity contribution in [2.45, 2.75) is 11.8 Å². The van der Waals surface area contributed by atoms with Gasteiger partial charge in [-0.15, -0.1) is 0 Å². The second-order valence-corrected chi connectivity index (χ2v) is 8.55. The van der Waals surface area contributed by atoms with Gasteiger partial charge in [-0.3, -0.25) is 9.69 Å². The molecule has 0 aromatic heterocycles. The summed E-state index contributed by atoms with van der Waals surface area (Å²) in [6.45, 7) is 4.87. The van der Waals surface area contributed by atoms with Gasteiger partial charge in [0.25, 0.3) is 0 Å². The van der Waals surface area contributed by atoms with Crippen LogP contribution in [0.25, 0.3) is 0 Å². The van der Waals surface area contributed by atoms with E-state index in [9.17, 15) is 15.0 Å². The Morgan fingerprint density at radius 1 is 0.848 bits per heavy atom. The van der Waals surface area contributed by atoms with Gasteiger partial charge in [-0.2, -0.15) is 0 Å². The molecule has 0 radical (unpaired) electrons. The number of ketones is 1. The monoisotopic (exact) mass is 445 g/mol. The molecule has 0 spiro atoms. The highest BCUT2D eigenvalue weighted by Gasteiger charge is 2.41. The number of phenols is 2. The first kappa shape index (κ1) is 21.5. The lowest BCUT2D eigenvalue weighted by atomic mass is 9.81. The average molecular weight is 446 g/mol. The number of rotatable bonds is 6. The third-order valence-electron chi connectivity index (χ3n) is 6.52. The second-order valence-electron chi connectivity index (χ2n) is 8.55. The van der Waals surface area contributed by atoms with Crippen LogP contribution in [0.2, 0.25) is 0 Å². The number of fused-ring (bicyclic) bond motifs is 1. The summed E-state index contributed by atoms with van der Waals surface area (Å²) in [7, 11) is 0. The van der Waals surface area contributed by atoms with Crippen molar-refractivity contribution in [1.82, 2.24) is 4.90 Å². The number of carbonyl (C=O) groups is 1. The molecule has 1 fully saturated rings. The molecule has 1 heterocycles. The van der Waals surface area contributed by atoms with Crippen molar-refractivity contribution in [3.8, 4) is 17.2 Å². The van der Waals surface area contributed by atoms with E-state index in [1.807, 2.05) is 24.3 Å². The number of carbonyl (C=O) groups excluding carboxylic acids is 1. The zero-order valence-electron chi connectivity index (χ0n) is 18.3. The van der Waals surface area contributed by atoms with Crippen molar-refractivity contribution < 1.29 is 24.5 Å². The average Bonchev–Trinajstić information content (AvgIpc) is 3.12. The quantitative estimate of drug-likeness (QED) is 0.599. The first-order chi connectivity index (χ1) is 16.1. The van der Waals surface area contributed by atoms with Crippen LogP contribution >= 0.6 is 0 Å². The molecule has 5 rings (SSSR count). The van der Waals surface area contributed by atoms with Crippen LogP contribution in [0.4, 0.5) is 0 Å². The summed E-state index contributed by atoms with van der Waals surface area (Å²) in [6.07, 6.45) is 0. The molecule has 0 amide bonds. The highest BCUT2D eigenvalue weighted by molar-refractivity contribution is 6.07. The number of hydrogen-bond acceptors (Lipinski definition) is 6. The fourth-order valence-electron chi connectivity index (χ4n) is 4.82. The number of aromatic hydroxyl groups is 2. The second kappa shape index (κ2) is 9.25. The van der Waals surface area contributed by atoms with E-state index in [1.165, 1.54) is 0 Å². The van der Waals surface area contributed by atoms with Crippen molar-refractivity contribution in [2.75, 3.05) is 39.5 Å². The zero-order valence-corrected chi connectivity index (χ0v) is 18.3. The molecule has 3 aromatic rings. The van der Waals surface area contributed by atoms with Gasteiger partial charge in [0.05, 0.1) is 19.1 Å². The Kier molecular flexibility index (Phi) is 6.03. The molecule has 6 nitrogen and oxygen atoms in total. The molecular formula is C27H27NO5. The van der Waals surface area contributed by atoms with Gasteiger partial charge in [-0.25, -0.2) is 0 Å². The Morgan fingerprint density at radius 2 is 1.48 bits per heavy atom. The molecular weight excluding hydrogens is 418 g/mol. The SMILES string of the molecule is O=C1c2ccc(O)cc2C(c2ccc(OCCN3CCOCC3)cc2)C1c1ccc(O)cc1. The van der Waals surface area contributed by atoms with Gasteiger partial charge in [0.2, 0.25) is 0 Å². The van der Waals surface area contributed by atoms with E-state index < -0.39 is 5.92 Å². The van der Waals surface area contributed by atoms with Gasteiger partial charge in [0.15, 0.2) is 5.78 Å². The Bertz CT molecular complexity index is 1120. The number of benzene rings is 3. The van der Waals surface area contributed by atoms with Crippen LogP contribution in [0, 0.1) is 0 Å². The zero-order chi connectivity index (χ0) is 22.8. The van der Waals surface area contributed by atoms with E-state index in [1.54, 1.807) is 42.5 Å². The molecule has 0 saturated carbocycles. The van der Waals surface area contributed by atoms with E-state index in [4.69, 9.17) is 9.47 Å². The summed E-state index contributed by atoms with van der Waals surface area (Å²) in [4.78, 5) is 15.7. The third kappa shape index (κ3) is 4.45. The Morgan fingerprint density at radius 3 is 2.21 bits per heavy atom. The van der Waals surface area contributed by atoms with Crippen molar-refractivity contribution in [1.29, 1.82) is 0 Å². The largest absolute Gasteiger partial charge is 0.508 e. The maximum absolute atomic E-state index is 13.4.